The third-order valence-electron chi connectivity index (χ3n) is 4.39. The van der Waals surface area contributed by atoms with Crippen LogP contribution < -0.4 is 4.74 Å². The number of amides is 2. The predicted octanol–water partition coefficient (Wildman–Crippen LogP) is 0.755. The van der Waals surface area contributed by atoms with Gasteiger partial charge in [-0.05, 0) is 18.9 Å². The first kappa shape index (κ1) is 20.1. The van der Waals surface area contributed by atoms with E-state index in [1.807, 2.05) is 0 Å². The number of nitro benzene ring substituents is 1. The number of rotatable bonds is 7. The van der Waals surface area contributed by atoms with Gasteiger partial charge in [-0.2, -0.15) is 0 Å². The number of hydrogen-bond acceptors (Lipinski definition) is 6. The average Bonchev–Trinajstić information content (AvgIpc) is 2.66. The van der Waals surface area contributed by atoms with Crippen molar-refractivity contribution in [2.45, 2.75) is 12.8 Å². The average molecular weight is 379 g/mol. The number of nitrogens with zero attached hydrogens (tertiary/aromatic N) is 3. The molecule has 0 aromatic heterocycles. The highest BCUT2D eigenvalue weighted by Crippen LogP contribution is 2.19. The number of hydrogen-bond donors (Lipinski definition) is 1. The summed E-state index contributed by atoms with van der Waals surface area (Å²) >= 11 is 0. The van der Waals surface area contributed by atoms with Crippen LogP contribution >= 0.6 is 0 Å². The van der Waals surface area contributed by atoms with Gasteiger partial charge in [-0.25, -0.2) is 0 Å². The maximum atomic E-state index is 12.3. The van der Waals surface area contributed by atoms with Gasteiger partial charge in [-0.1, -0.05) is 6.07 Å². The summed E-state index contributed by atoms with van der Waals surface area (Å²) in [7, 11) is 1.46. The van der Waals surface area contributed by atoms with E-state index in [-0.39, 0.29) is 30.5 Å². The summed E-state index contributed by atoms with van der Waals surface area (Å²) in [5.74, 6) is -1.81. The topological polar surface area (TPSA) is 130 Å². The Morgan fingerprint density at radius 3 is 2.59 bits per heavy atom. The number of nitro groups is 1. The number of carboxylic acids is 1. The van der Waals surface area contributed by atoms with Gasteiger partial charge in [0.2, 0.25) is 5.91 Å². The molecule has 0 radical (unpaired) electrons. The molecule has 2 rings (SSSR count). The van der Waals surface area contributed by atoms with Crippen molar-refractivity contribution in [2.75, 3.05) is 33.3 Å². The molecular formula is C17H21N3O7. The third-order valence-corrected chi connectivity index (χ3v) is 4.39. The largest absolute Gasteiger partial charge is 0.484 e. The molecule has 1 saturated heterocycles. The number of aliphatic carboxylic acids is 1. The highest BCUT2D eigenvalue weighted by Gasteiger charge is 2.27. The van der Waals surface area contributed by atoms with Gasteiger partial charge < -0.3 is 19.6 Å². The maximum absolute atomic E-state index is 12.3. The summed E-state index contributed by atoms with van der Waals surface area (Å²) in [6, 6.07) is 5.47. The maximum Gasteiger partial charge on any atom is 0.306 e. The number of piperidine rings is 1. The van der Waals surface area contributed by atoms with Crippen molar-refractivity contribution >= 4 is 23.5 Å². The van der Waals surface area contributed by atoms with Crippen molar-refractivity contribution in [3.63, 3.8) is 0 Å². The Morgan fingerprint density at radius 1 is 1.33 bits per heavy atom. The molecular weight excluding hydrogens is 358 g/mol. The first-order chi connectivity index (χ1) is 12.8. The van der Waals surface area contributed by atoms with E-state index in [9.17, 15) is 24.5 Å². The minimum atomic E-state index is -0.854. The molecule has 10 heteroatoms. The van der Waals surface area contributed by atoms with Gasteiger partial charge in [-0.3, -0.25) is 24.5 Å². The van der Waals surface area contributed by atoms with Crippen LogP contribution in [0.4, 0.5) is 5.69 Å². The zero-order valence-corrected chi connectivity index (χ0v) is 14.9. The van der Waals surface area contributed by atoms with Crippen LogP contribution in [-0.4, -0.2) is 70.9 Å². The predicted molar refractivity (Wildman–Crippen MR) is 93.2 cm³/mol. The standard InChI is InChI=1S/C17H21N3O7/c1-18(10-15(21)19-7-5-12(6-8-19)17(23)24)16(22)11-27-14-4-2-3-13(9-14)20(25)26/h2-4,9,12H,5-8,10-11H2,1H3,(H,23,24). The summed E-state index contributed by atoms with van der Waals surface area (Å²) in [4.78, 5) is 48.2. The number of ether oxygens (including phenoxy) is 1. The van der Waals surface area contributed by atoms with E-state index in [2.05, 4.69) is 0 Å². The van der Waals surface area contributed by atoms with Crippen LogP contribution in [0, 0.1) is 16.0 Å². The van der Waals surface area contributed by atoms with E-state index in [0.29, 0.717) is 25.9 Å². The van der Waals surface area contributed by atoms with Gasteiger partial charge in [0.05, 0.1) is 23.5 Å². The quantitative estimate of drug-likeness (QED) is 0.546. The normalized spacial score (nSPS) is 14.5. The minimum Gasteiger partial charge on any atom is -0.484 e. The third kappa shape index (κ3) is 5.66. The van der Waals surface area contributed by atoms with Crippen molar-refractivity contribution in [3.8, 4) is 5.75 Å². The molecule has 1 N–H and O–H groups in total. The second kappa shape index (κ2) is 8.97. The van der Waals surface area contributed by atoms with E-state index < -0.39 is 22.7 Å². The fourth-order valence-corrected chi connectivity index (χ4v) is 2.71. The molecule has 0 saturated carbocycles. The van der Waals surface area contributed by atoms with Crippen molar-refractivity contribution in [1.29, 1.82) is 0 Å². The molecule has 146 valence electrons. The molecule has 0 spiro atoms. The van der Waals surface area contributed by atoms with Gasteiger partial charge in [0, 0.05) is 26.2 Å². The molecule has 1 aliphatic heterocycles. The van der Waals surface area contributed by atoms with Crippen molar-refractivity contribution in [1.82, 2.24) is 9.80 Å². The van der Waals surface area contributed by atoms with Crippen LogP contribution in [0.5, 0.6) is 5.75 Å². The molecule has 27 heavy (non-hydrogen) atoms. The summed E-state index contributed by atoms with van der Waals surface area (Å²) in [5.41, 5.74) is -0.145. The number of likely N-dealkylation sites (tertiary alicyclic amines) is 1. The lowest BCUT2D eigenvalue weighted by molar-refractivity contribution is -0.384. The Labute approximate surface area is 155 Å². The molecule has 0 atom stereocenters. The monoisotopic (exact) mass is 379 g/mol. The Bertz CT molecular complexity index is 729. The zero-order valence-electron chi connectivity index (χ0n) is 14.9. The fraction of sp³-hybridized carbons (Fsp3) is 0.471. The highest BCUT2D eigenvalue weighted by molar-refractivity contribution is 5.85. The Kier molecular flexibility index (Phi) is 6.69. The van der Waals surface area contributed by atoms with Crippen LogP contribution in [0.25, 0.3) is 0 Å². The molecule has 0 bridgehead atoms. The van der Waals surface area contributed by atoms with Crippen LogP contribution in [0.2, 0.25) is 0 Å². The summed E-state index contributed by atoms with van der Waals surface area (Å²) < 4.78 is 5.26. The molecule has 1 fully saturated rings. The lowest BCUT2D eigenvalue weighted by Gasteiger charge is -2.31. The smallest absolute Gasteiger partial charge is 0.306 e. The van der Waals surface area contributed by atoms with Gasteiger partial charge >= 0.3 is 5.97 Å². The van der Waals surface area contributed by atoms with Crippen LogP contribution in [-0.2, 0) is 14.4 Å². The number of benzene rings is 1. The van der Waals surface area contributed by atoms with Gasteiger partial charge in [0.25, 0.3) is 11.6 Å². The van der Waals surface area contributed by atoms with Crippen LogP contribution in [0.3, 0.4) is 0 Å². The molecule has 2 amide bonds. The van der Waals surface area contributed by atoms with Crippen molar-refractivity contribution in [2.24, 2.45) is 5.92 Å². The van der Waals surface area contributed by atoms with E-state index >= 15 is 0 Å². The number of non-ortho nitro benzene ring substituents is 1. The Balaban J connectivity index is 1.80. The minimum absolute atomic E-state index is 0.144. The van der Waals surface area contributed by atoms with Gasteiger partial charge in [0.15, 0.2) is 6.61 Å². The SMILES string of the molecule is CN(CC(=O)N1CCC(C(=O)O)CC1)C(=O)COc1cccc([N+](=O)[O-])c1. The first-order valence-electron chi connectivity index (χ1n) is 8.39. The molecule has 1 aliphatic rings. The Morgan fingerprint density at radius 2 is 2.00 bits per heavy atom. The second-order valence-corrected chi connectivity index (χ2v) is 6.29. The number of carbonyl (C=O) groups excluding carboxylic acids is 2. The van der Waals surface area contributed by atoms with Gasteiger partial charge in [0.1, 0.15) is 5.75 Å². The van der Waals surface area contributed by atoms with E-state index in [0.717, 1.165) is 0 Å². The number of carboxylic acid groups (broad SMARTS) is 1. The van der Waals surface area contributed by atoms with Crippen LogP contribution in [0.1, 0.15) is 12.8 Å². The van der Waals surface area contributed by atoms with E-state index in [4.69, 9.17) is 9.84 Å². The summed E-state index contributed by atoms with van der Waals surface area (Å²) in [5, 5.41) is 19.7. The Hall–Kier alpha value is -3.17. The molecule has 0 unspecified atom stereocenters. The molecule has 0 aliphatic carbocycles. The zero-order chi connectivity index (χ0) is 20.0. The lowest BCUT2D eigenvalue weighted by atomic mass is 9.97. The van der Waals surface area contributed by atoms with Crippen LogP contribution in [0.15, 0.2) is 24.3 Å². The summed E-state index contributed by atoms with van der Waals surface area (Å²) in [6.45, 7) is 0.199. The van der Waals surface area contributed by atoms with Crippen molar-refractivity contribution < 1.29 is 29.2 Å². The van der Waals surface area contributed by atoms with E-state index in [1.165, 1.54) is 36.2 Å². The molecule has 1 heterocycles. The first-order valence-corrected chi connectivity index (χ1v) is 8.39. The van der Waals surface area contributed by atoms with E-state index in [1.54, 1.807) is 4.90 Å². The highest BCUT2D eigenvalue weighted by atomic mass is 16.6. The molecule has 1 aromatic rings. The lowest BCUT2D eigenvalue weighted by Crippen LogP contribution is -2.46. The fourth-order valence-electron chi connectivity index (χ4n) is 2.71. The molecule has 10 nitrogen and oxygen atoms in total. The second-order valence-electron chi connectivity index (χ2n) is 6.29. The number of carbonyl (C=O) groups is 3. The van der Waals surface area contributed by atoms with Crippen molar-refractivity contribution in [3.05, 3.63) is 34.4 Å². The molecule has 1 aromatic carbocycles. The van der Waals surface area contributed by atoms with Gasteiger partial charge in [-0.15, -0.1) is 0 Å². The number of likely N-dealkylation sites (N-methyl/N-ethyl adjacent to an activating group) is 1. The summed E-state index contributed by atoms with van der Waals surface area (Å²) in [6.07, 6.45) is 0.795.